The second-order valence-electron chi connectivity index (χ2n) is 3.86. The van der Waals surface area contributed by atoms with E-state index >= 15 is 0 Å². The minimum atomic E-state index is 0.204. The topological polar surface area (TPSA) is 26.0 Å². The van der Waals surface area contributed by atoms with Crippen LogP contribution in [0.1, 0.15) is 50.3 Å². The molecule has 14 heavy (non-hydrogen) atoms. The van der Waals surface area contributed by atoms with Gasteiger partial charge in [-0.15, -0.1) is 0 Å². The fourth-order valence-electron chi connectivity index (χ4n) is 1.55. The van der Waals surface area contributed by atoms with Gasteiger partial charge in [0.15, 0.2) is 0 Å². The van der Waals surface area contributed by atoms with Crippen molar-refractivity contribution in [2.24, 2.45) is 5.73 Å². The smallest absolute Gasteiger partial charge is 0.0292 e. The minimum Gasteiger partial charge on any atom is -0.324 e. The molecule has 0 saturated carbocycles. The van der Waals surface area contributed by atoms with Crippen LogP contribution in [0.3, 0.4) is 0 Å². The highest BCUT2D eigenvalue weighted by Crippen LogP contribution is 2.15. The summed E-state index contributed by atoms with van der Waals surface area (Å²) in [5.41, 5.74) is 8.63. The lowest BCUT2D eigenvalue weighted by Crippen LogP contribution is -2.08. The quantitative estimate of drug-likeness (QED) is 0.758. The lowest BCUT2D eigenvalue weighted by molar-refractivity contribution is 0.697. The summed E-state index contributed by atoms with van der Waals surface area (Å²) >= 11 is 0. The molecule has 0 aliphatic heterocycles. The van der Waals surface area contributed by atoms with E-state index in [-0.39, 0.29) is 6.04 Å². The molecule has 0 spiro atoms. The highest BCUT2D eigenvalue weighted by Gasteiger charge is 2.01. The molecule has 0 fully saturated rings. The molecule has 0 aliphatic carbocycles. The summed E-state index contributed by atoms with van der Waals surface area (Å²) in [6.07, 6.45) is 4.74. The maximum atomic E-state index is 5.94. The van der Waals surface area contributed by atoms with Crippen molar-refractivity contribution in [3.05, 3.63) is 35.4 Å². The van der Waals surface area contributed by atoms with Crippen LogP contribution in [0.4, 0.5) is 0 Å². The molecule has 0 amide bonds. The highest BCUT2D eigenvalue weighted by atomic mass is 14.6. The van der Waals surface area contributed by atoms with Gasteiger partial charge in [-0.05, 0) is 30.4 Å². The van der Waals surface area contributed by atoms with E-state index < -0.39 is 0 Å². The first kappa shape index (κ1) is 11.3. The number of hydrogen-bond donors (Lipinski definition) is 1. The summed E-state index contributed by atoms with van der Waals surface area (Å²) < 4.78 is 0. The average Bonchev–Trinajstić information content (AvgIpc) is 2.26. The van der Waals surface area contributed by atoms with Gasteiger partial charge in [0.1, 0.15) is 0 Å². The number of rotatable bonds is 5. The Bertz CT molecular complexity index is 250. The third kappa shape index (κ3) is 3.15. The third-order valence-corrected chi connectivity index (χ3v) is 2.67. The zero-order valence-corrected chi connectivity index (χ0v) is 9.29. The standard InChI is InChI=1S/C13H21N/c1-3-5-6-11-7-9-12(10-8-11)13(14)4-2/h7-10,13H,3-6,14H2,1-2H3/t13-/m1/s1. The van der Waals surface area contributed by atoms with Crippen LogP contribution in [-0.2, 0) is 6.42 Å². The summed E-state index contributed by atoms with van der Waals surface area (Å²) in [4.78, 5) is 0. The first-order chi connectivity index (χ1) is 6.77. The van der Waals surface area contributed by atoms with Crippen molar-refractivity contribution in [3.63, 3.8) is 0 Å². The van der Waals surface area contributed by atoms with Crippen LogP contribution in [0.2, 0.25) is 0 Å². The molecule has 0 heterocycles. The zero-order chi connectivity index (χ0) is 10.4. The number of nitrogens with two attached hydrogens (primary N) is 1. The van der Waals surface area contributed by atoms with Crippen molar-refractivity contribution >= 4 is 0 Å². The second kappa shape index (κ2) is 5.82. The van der Waals surface area contributed by atoms with E-state index in [1.165, 1.54) is 30.4 Å². The third-order valence-electron chi connectivity index (χ3n) is 2.67. The van der Waals surface area contributed by atoms with Crippen molar-refractivity contribution in [2.45, 2.75) is 45.6 Å². The van der Waals surface area contributed by atoms with Crippen LogP contribution >= 0.6 is 0 Å². The second-order valence-corrected chi connectivity index (χ2v) is 3.86. The summed E-state index contributed by atoms with van der Waals surface area (Å²) in [5, 5.41) is 0. The monoisotopic (exact) mass is 191 g/mol. The Morgan fingerprint density at radius 1 is 1.14 bits per heavy atom. The maximum absolute atomic E-state index is 5.94. The van der Waals surface area contributed by atoms with Crippen LogP contribution < -0.4 is 5.73 Å². The Morgan fingerprint density at radius 2 is 1.79 bits per heavy atom. The number of aryl methyl sites for hydroxylation is 1. The SMILES string of the molecule is CCCCc1ccc([C@H](N)CC)cc1. The summed E-state index contributed by atoms with van der Waals surface area (Å²) in [6, 6.07) is 8.95. The van der Waals surface area contributed by atoms with Gasteiger partial charge in [0, 0.05) is 6.04 Å². The number of unbranched alkanes of at least 4 members (excludes halogenated alkanes) is 1. The van der Waals surface area contributed by atoms with E-state index in [9.17, 15) is 0 Å². The Balaban J connectivity index is 2.59. The van der Waals surface area contributed by atoms with E-state index in [1.807, 2.05) is 0 Å². The molecule has 1 aromatic carbocycles. The van der Waals surface area contributed by atoms with Gasteiger partial charge in [-0.1, -0.05) is 44.5 Å². The molecule has 0 aromatic heterocycles. The fourth-order valence-corrected chi connectivity index (χ4v) is 1.55. The maximum Gasteiger partial charge on any atom is 0.0292 e. The minimum absolute atomic E-state index is 0.204. The van der Waals surface area contributed by atoms with Crippen molar-refractivity contribution in [2.75, 3.05) is 0 Å². The summed E-state index contributed by atoms with van der Waals surface area (Å²) in [6.45, 7) is 4.34. The van der Waals surface area contributed by atoms with E-state index in [2.05, 4.69) is 38.1 Å². The van der Waals surface area contributed by atoms with E-state index in [0.29, 0.717) is 0 Å². The van der Waals surface area contributed by atoms with Gasteiger partial charge in [0.05, 0.1) is 0 Å². The molecule has 2 N–H and O–H groups in total. The van der Waals surface area contributed by atoms with Crippen LogP contribution in [0.25, 0.3) is 0 Å². The Labute approximate surface area is 87.3 Å². The molecular formula is C13H21N. The predicted octanol–water partition coefficient (Wildman–Crippen LogP) is 3.44. The van der Waals surface area contributed by atoms with Crippen LogP contribution in [0, 0.1) is 0 Å². The Morgan fingerprint density at radius 3 is 2.29 bits per heavy atom. The van der Waals surface area contributed by atoms with Gasteiger partial charge < -0.3 is 5.73 Å². The molecular weight excluding hydrogens is 170 g/mol. The molecule has 1 rings (SSSR count). The fraction of sp³-hybridized carbons (Fsp3) is 0.538. The Hall–Kier alpha value is -0.820. The largest absolute Gasteiger partial charge is 0.324 e. The van der Waals surface area contributed by atoms with Crippen molar-refractivity contribution in [3.8, 4) is 0 Å². The molecule has 0 aliphatic rings. The molecule has 1 atom stereocenters. The van der Waals surface area contributed by atoms with Gasteiger partial charge >= 0.3 is 0 Å². The van der Waals surface area contributed by atoms with Gasteiger partial charge in [0.25, 0.3) is 0 Å². The van der Waals surface area contributed by atoms with Gasteiger partial charge in [0.2, 0.25) is 0 Å². The van der Waals surface area contributed by atoms with Crippen molar-refractivity contribution < 1.29 is 0 Å². The van der Waals surface area contributed by atoms with Crippen molar-refractivity contribution in [1.82, 2.24) is 0 Å². The van der Waals surface area contributed by atoms with Crippen LogP contribution in [0.15, 0.2) is 24.3 Å². The van der Waals surface area contributed by atoms with Crippen molar-refractivity contribution in [1.29, 1.82) is 0 Å². The highest BCUT2D eigenvalue weighted by molar-refractivity contribution is 5.24. The number of benzene rings is 1. The van der Waals surface area contributed by atoms with E-state index in [1.54, 1.807) is 0 Å². The van der Waals surface area contributed by atoms with Gasteiger partial charge in [-0.2, -0.15) is 0 Å². The average molecular weight is 191 g/mol. The molecule has 0 bridgehead atoms. The molecule has 1 nitrogen and oxygen atoms in total. The molecule has 1 aromatic rings. The van der Waals surface area contributed by atoms with Crippen LogP contribution in [-0.4, -0.2) is 0 Å². The first-order valence-electron chi connectivity index (χ1n) is 5.62. The van der Waals surface area contributed by atoms with Crippen LogP contribution in [0.5, 0.6) is 0 Å². The molecule has 1 heteroatoms. The zero-order valence-electron chi connectivity index (χ0n) is 9.29. The van der Waals surface area contributed by atoms with Gasteiger partial charge in [-0.25, -0.2) is 0 Å². The number of hydrogen-bond acceptors (Lipinski definition) is 1. The summed E-state index contributed by atoms with van der Waals surface area (Å²) in [5.74, 6) is 0. The molecule has 0 unspecified atom stereocenters. The first-order valence-corrected chi connectivity index (χ1v) is 5.62. The lowest BCUT2D eigenvalue weighted by Gasteiger charge is -2.09. The molecule has 0 radical (unpaired) electrons. The lowest BCUT2D eigenvalue weighted by atomic mass is 10.0. The van der Waals surface area contributed by atoms with E-state index in [0.717, 1.165) is 6.42 Å². The van der Waals surface area contributed by atoms with Gasteiger partial charge in [-0.3, -0.25) is 0 Å². The normalized spacial score (nSPS) is 12.8. The molecule has 0 saturated heterocycles. The molecule has 78 valence electrons. The Kier molecular flexibility index (Phi) is 4.68. The summed E-state index contributed by atoms with van der Waals surface area (Å²) in [7, 11) is 0. The van der Waals surface area contributed by atoms with E-state index in [4.69, 9.17) is 5.73 Å². The predicted molar refractivity (Wildman–Crippen MR) is 62.3 cm³/mol.